The summed E-state index contributed by atoms with van der Waals surface area (Å²) in [7, 11) is 1.57. The van der Waals surface area contributed by atoms with Crippen molar-refractivity contribution in [3.63, 3.8) is 0 Å². The summed E-state index contributed by atoms with van der Waals surface area (Å²) in [4.78, 5) is 14.1. The Morgan fingerprint density at radius 1 is 1.31 bits per heavy atom. The normalized spacial score (nSPS) is 18.0. The van der Waals surface area contributed by atoms with Gasteiger partial charge >= 0.3 is 12.1 Å². The highest BCUT2D eigenvalue weighted by molar-refractivity contribution is 5.79. The van der Waals surface area contributed by atoms with Gasteiger partial charge in [-0.15, -0.1) is 10.2 Å². The van der Waals surface area contributed by atoms with Crippen LogP contribution in [0, 0.1) is 0 Å². The molecule has 1 aliphatic rings. The van der Waals surface area contributed by atoms with Crippen molar-refractivity contribution in [2.75, 3.05) is 20.2 Å². The summed E-state index contributed by atoms with van der Waals surface area (Å²) in [5, 5.41) is 6.57. The lowest BCUT2D eigenvalue weighted by Crippen LogP contribution is -2.40. The first-order valence-corrected chi connectivity index (χ1v) is 8.18. The SMILES string of the molecule is COc1ccc(CC(=O)N2CCCC(c3nnc(C(F)(F)F)o3)C2)cc1. The molecule has 0 spiro atoms. The number of aromatic nitrogens is 2. The molecule has 1 fully saturated rings. The van der Waals surface area contributed by atoms with Gasteiger partial charge in [-0.3, -0.25) is 4.79 Å². The van der Waals surface area contributed by atoms with Crippen molar-refractivity contribution < 1.29 is 27.1 Å². The fourth-order valence-electron chi connectivity index (χ4n) is 2.95. The van der Waals surface area contributed by atoms with Crippen LogP contribution in [0.1, 0.15) is 36.1 Å². The topological polar surface area (TPSA) is 68.5 Å². The summed E-state index contributed by atoms with van der Waals surface area (Å²) in [6.07, 6.45) is -3.17. The Balaban J connectivity index is 1.63. The molecule has 1 aliphatic heterocycles. The summed E-state index contributed by atoms with van der Waals surface area (Å²) in [5.74, 6) is -1.19. The fourth-order valence-corrected chi connectivity index (χ4v) is 2.95. The molecule has 26 heavy (non-hydrogen) atoms. The number of hydrogen-bond acceptors (Lipinski definition) is 5. The zero-order valence-corrected chi connectivity index (χ0v) is 14.1. The second-order valence-electron chi connectivity index (χ2n) is 6.15. The molecule has 3 rings (SSSR count). The van der Waals surface area contributed by atoms with E-state index in [2.05, 4.69) is 10.2 Å². The van der Waals surface area contributed by atoms with Gasteiger partial charge in [-0.2, -0.15) is 13.2 Å². The van der Waals surface area contributed by atoms with Crippen LogP contribution in [0.5, 0.6) is 5.75 Å². The van der Waals surface area contributed by atoms with Gasteiger partial charge < -0.3 is 14.1 Å². The van der Waals surface area contributed by atoms with Crippen molar-refractivity contribution >= 4 is 5.91 Å². The Bertz CT molecular complexity index is 759. The highest BCUT2D eigenvalue weighted by Crippen LogP contribution is 2.32. The maximum Gasteiger partial charge on any atom is 0.470 e. The number of likely N-dealkylation sites (tertiary alicyclic amines) is 1. The quantitative estimate of drug-likeness (QED) is 0.829. The lowest BCUT2D eigenvalue weighted by Gasteiger charge is -2.31. The number of rotatable bonds is 4. The van der Waals surface area contributed by atoms with Crippen molar-refractivity contribution in [3.8, 4) is 5.75 Å². The minimum absolute atomic E-state index is 0.0701. The molecule has 2 aromatic rings. The van der Waals surface area contributed by atoms with E-state index in [1.807, 2.05) is 12.1 Å². The van der Waals surface area contributed by atoms with Crippen LogP contribution in [0.15, 0.2) is 28.7 Å². The van der Waals surface area contributed by atoms with Crippen LogP contribution in [0.25, 0.3) is 0 Å². The minimum Gasteiger partial charge on any atom is -0.497 e. The summed E-state index contributed by atoms with van der Waals surface area (Å²) < 4.78 is 47.6. The van der Waals surface area contributed by atoms with E-state index in [0.29, 0.717) is 25.1 Å². The van der Waals surface area contributed by atoms with Crippen LogP contribution in [0.2, 0.25) is 0 Å². The predicted molar refractivity (Wildman–Crippen MR) is 84.6 cm³/mol. The molecule has 1 aromatic heterocycles. The van der Waals surface area contributed by atoms with E-state index in [1.54, 1.807) is 24.1 Å². The summed E-state index contributed by atoms with van der Waals surface area (Å²) >= 11 is 0. The number of hydrogen-bond donors (Lipinski definition) is 0. The van der Waals surface area contributed by atoms with Gasteiger partial charge in [0, 0.05) is 13.1 Å². The average molecular weight is 369 g/mol. The number of nitrogens with zero attached hydrogens (tertiary/aromatic N) is 3. The summed E-state index contributed by atoms with van der Waals surface area (Å²) in [6.45, 7) is 0.834. The largest absolute Gasteiger partial charge is 0.497 e. The molecule has 140 valence electrons. The van der Waals surface area contributed by atoms with Crippen molar-refractivity contribution in [2.24, 2.45) is 0 Å². The highest BCUT2D eigenvalue weighted by atomic mass is 19.4. The molecule has 0 N–H and O–H groups in total. The number of methoxy groups -OCH3 is 1. The number of carbonyl (C=O) groups excluding carboxylic acids is 1. The van der Waals surface area contributed by atoms with Gasteiger partial charge in [0.05, 0.1) is 19.4 Å². The molecule has 1 amide bonds. The van der Waals surface area contributed by atoms with Crippen molar-refractivity contribution in [3.05, 3.63) is 41.6 Å². The molecule has 1 atom stereocenters. The van der Waals surface area contributed by atoms with E-state index in [1.165, 1.54) is 0 Å². The Kier molecular flexibility index (Phi) is 5.15. The molecule has 0 aliphatic carbocycles. The number of amides is 1. The number of ether oxygens (including phenoxy) is 1. The number of halogens is 3. The fraction of sp³-hybridized carbons (Fsp3) is 0.471. The van der Waals surface area contributed by atoms with Crippen LogP contribution < -0.4 is 4.74 Å². The van der Waals surface area contributed by atoms with Gasteiger partial charge in [-0.05, 0) is 30.5 Å². The van der Waals surface area contributed by atoms with Gasteiger partial charge in [-0.25, -0.2) is 0 Å². The molecule has 0 bridgehead atoms. The molecule has 1 aromatic carbocycles. The maximum atomic E-state index is 12.6. The Hall–Kier alpha value is -2.58. The maximum absolute atomic E-state index is 12.6. The van der Waals surface area contributed by atoms with Crippen molar-refractivity contribution in [2.45, 2.75) is 31.4 Å². The Morgan fingerprint density at radius 3 is 2.65 bits per heavy atom. The molecule has 1 saturated heterocycles. The van der Waals surface area contributed by atoms with E-state index in [9.17, 15) is 18.0 Å². The minimum atomic E-state index is -4.66. The molecule has 2 heterocycles. The average Bonchev–Trinajstić information content (AvgIpc) is 3.13. The lowest BCUT2D eigenvalue weighted by atomic mass is 9.97. The molecular weight excluding hydrogens is 351 g/mol. The molecule has 0 saturated carbocycles. The monoisotopic (exact) mass is 369 g/mol. The van der Waals surface area contributed by atoms with Crippen LogP contribution in [-0.2, 0) is 17.4 Å². The predicted octanol–water partition coefficient (Wildman–Crippen LogP) is 3.05. The summed E-state index contributed by atoms with van der Waals surface area (Å²) in [5.41, 5.74) is 0.843. The van der Waals surface area contributed by atoms with Gasteiger partial charge in [-0.1, -0.05) is 12.1 Å². The van der Waals surface area contributed by atoms with Crippen LogP contribution in [-0.4, -0.2) is 41.2 Å². The number of piperidine rings is 1. The number of alkyl halides is 3. The molecule has 1 unspecified atom stereocenters. The first-order valence-electron chi connectivity index (χ1n) is 8.18. The van der Waals surface area contributed by atoms with E-state index in [0.717, 1.165) is 5.56 Å². The third-order valence-electron chi connectivity index (χ3n) is 4.32. The second-order valence-corrected chi connectivity index (χ2v) is 6.15. The van der Waals surface area contributed by atoms with E-state index in [4.69, 9.17) is 9.15 Å². The first-order chi connectivity index (χ1) is 12.4. The smallest absolute Gasteiger partial charge is 0.470 e. The third-order valence-corrected chi connectivity index (χ3v) is 4.32. The van der Waals surface area contributed by atoms with E-state index < -0.39 is 12.1 Å². The van der Waals surface area contributed by atoms with Crippen molar-refractivity contribution in [1.82, 2.24) is 15.1 Å². The first kappa shape index (κ1) is 18.2. The summed E-state index contributed by atoms with van der Waals surface area (Å²) in [6, 6.07) is 7.18. The molecule has 9 heteroatoms. The van der Waals surface area contributed by atoms with Gasteiger partial charge in [0.15, 0.2) is 0 Å². The highest BCUT2D eigenvalue weighted by Gasteiger charge is 2.39. The van der Waals surface area contributed by atoms with E-state index >= 15 is 0 Å². The van der Waals surface area contributed by atoms with Crippen LogP contribution in [0.3, 0.4) is 0 Å². The molecule has 6 nitrogen and oxygen atoms in total. The molecular formula is C17H18F3N3O3. The number of carbonyl (C=O) groups is 1. The lowest BCUT2D eigenvalue weighted by molar-refractivity contribution is -0.157. The standard InChI is InChI=1S/C17H18F3N3O3/c1-25-13-6-4-11(5-7-13)9-14(24)23-8-2-3-12(10-23)15-21-22-16(26-15)17(18,19)20/h4-7,12H,2-3,8-10H2,1H3. The Labute approximate surface area is 148 Å². The van der Waals surface area contributed by atoms with E-state index in [-0.39, 0.29) is 30.7 Å². The van der Waals surface area contributed by atoms with Gasteiger partial charge in [0.2, 0.25) is 11.8 Å². The van der Waals surface area contributed by atoms with Gasteiger partial charge in [0.25, 0.3) is 0 Å². The van der Waals surface area contributed by atoms with Gasteiger partial charge in [0.1, 0.15) is 5.75 Å². The van der Waals surface area contributed by atoms with Crippen LogP contribution in [0.4, 0.5) is 13.2 Å². The van der Waals surface area contributed by atoms with Crippen LogP contribution >= 0.6 is 0 Å². The molecule has 0 radical (unpaired) electrons. The van der Waals surface area contributed by atoms with Crippen molar-refractivity contribution in [1.29, 1.82) is 0 Å². The Morgan fingerprint density at radius 2 is 2.04 bits per heavy atom. The zero-order valence-electron chi connectivity index (χ0n) is 14.1. The number of benzene rings is 1. The second kappa shape index (κ2) is 7.35. The third kappa shape index (κ3) is 4.14. The zero-order chi connectivity index (χ0) is 18.7.